The van der Waals surface area contributed by atoms with Crippen LogP contribution in [0.5, 0.6) is 0 Å². The molecule has 1 N–H and O–H groups in total. The van der Waals surface area contributed by atoms with E-state index in [0.29, 0.717) is 0 Å². The van der Waals surface area contributed by atoms with Crippen LogP contribution in [0.3, 0.4) is 0 Å². The molecule has 0 aliphatic heterocycles. The van der Waals surface area contributed by atoms with E-state index in [1.165, 1.54) is 27.6 Å². The summed E-state index contributed by atoms with van der Waals surface area (Å²) in [6.45, 7) is 22.7. The van der Waals surface area contributed by atoms with Crippen molar-refractivity contribution in [2.75, 3.05) is 0 Å². The summed E-state index contributed by atoms with van der Waals surface area (Å²) in [5.74, 6) is 1.02. The fraction of sp³-hybridized carbons (Fsp3) is 0.289. The number of aryl methyl sites for hydroxylation is 1. The second kappa shape index (κ2) is 11.6. The summed E-state index contributed by atoms with van der Waals surface area (Å²) in [6.07, 6.45) is 1.87. The summed E-state index contributed by atoms with van der Waals surface area (Å²) in [5, 5.41) is 2.36. The molecule has 4 heterocycles. The van der Waals surface area contributed by atoms with Crippen LogP contribution in [-0.2, 0) is 16.2 Å². The van der Waals surface area contributed by atoms with Crippen LogP contribution < -0.4 is 0 Å². The summed E-state index contributed by atoms with van der Waals surface area (Å²) >= 11 is 0. The number of hydrogen-bond donors (Lipinski definition) is 1. The Morgan fingerprint density at radius 2 is 1.16 bits per heavy atom. The maximum Gasteiger partial charge on any atom is 0.147 e. The minimum atomic E-state index is 0.0144. The molecule has 4 heteroatoms. The quantitative estimate of drug-likeness (QED) is 0.207. The second-order valence-electron chi connectivity index (χ2n) is 16.7. The molecule has 0 bridgehead atoms. The lowest BCUT2D eigenvalue weighted by Crippen LogP contribution is -2.16. The molecule has 0 unspecified atom stereocenters. The van der Waals surface area contributed by atoms with Gasteiger partial charge in [-0.1, -0.05) is 92.6 Å². The van der Waals surface area contributed by atoms with E-state index in [9.17, 15) is 0 Å². The summed E-state index contributed by atoms with van der Waals surface area (Å²) in [4.78, 5) is 13.8. The average molecular weight is 645 g/mol. The van der Waals surface area contributed by atoms with Crippen LogP contribution in [0.15, 0.2) is 103 Å². The first-order chi connectivity index (χ1) is 23.1. The molecule has 4 nitrogen and oxygen atoms in total. The van der Waals surface area contributed by atoms with Gasteiger partial charge in [0.05, 0.1) is 16.9 Å². The monoisotopic (exact) mass is 644 g/mol. The van der Waals surface area contributed by atoms with E-state index in [4.69, 9.17) is 9.97 Å². The third kappa shape index (κ3) is 6.21. The van der Waals surface area contributed by atoms with Gasteiger partial charge in [-0.25, -0.2) is 4.98 Å². The first-order valence-electron chi connectivity index (χ1n) is 17.4. The van der Waals surface area contributed by atoms with Crippen molar-refractivity contribution in [2.24, 2.45) is 0 Å². The van der Waals surface area contributed by atoms with Gasteiger partial charge in [0.2, 0.25) is 0 Å². The number of nitrogens with one attached hydrogen (secondary N) is 1. The Morgan fingerprint density at radius 3 is 1.76 bits per heavy atom. The molecule has 0 radical (unpaired) electrons. The van der Waals surface area contributed by atoms with E-state index in [-0.39, 0.29) is 16.2 Å². The van der Waals surface area contributed by atoms with Crippen molar-refractivity contribution in [3.05, 3.63) is 126 Å². The van der Waals surface area contributed by atoms with Gasteiger partial charge in [0.15, 0.2) is 0 Å². The van der Waals surface area contributed by atoms with E-state index in [0.717, 1.165) is 56.1 Å². The van der Waals surface area contributed by atoms with E-state index in [1.54, 1.807) is 0 Å². The van der Waals surface area contributed by atoms with Crippen molar-refractivity contribution in [1.29, 1.82) is 0 Å². The maximum absolute atomic E-state index is 5.47. The Balaban J connectivity index is 1.49. The molecule has 0 fully saturated rings. The summed E-state index contributed by atoms with van der Waals surface area (Å²) < 4.78 is 2.28. The second-order valence-corrected chi connectivity index (χ2v) is 16.7. The number of rotatable bonds is 4. The first-order valence-corrected chi connectivity index (χ1v) is 17.4. The zero-order valence-electron chi connectivity index (χ0n) is 30.7. The highest BCUT2D eigenvalue weighted by molar-refractivity contribution is 6.08. The lowest BCUT2D eigenvalue weighted by Gasteiger charge is -2.26. The Hall–Kier alpha value is -4.96. The van der Waals surface area contributed by atoms with Crippen LogP contribution in [0, 0.1) is 6.92 Å². The third-order valence-corrected chi connectivity index (χ3v) is 9.73. The molecule has 7 rings (SSSR count). The molecular weight excluding hydrogens is 597 g/mol. The van der Waals surface area contributed by atoms with Crippen LogP contribution in [0.4, 0.5) is 0 Å². The van der Waals surface area contributed by atoms with Gasteiger partial charge in [0.1, 0.15) is 11.5 Å². The van der Waals surface area contributed by atoms with Crippen molar-refractivity contribution in [3.8, 4) is 39.5 Å². The predicted octanol–water partition coefficient (Wildman–Crippen LogP) is 12.1. The highest BCUT2D eigenvalue weighted by atomic mass is 15.1. The standard InChI is InChI=1S/C45H48N4/c1-28-14-19-41(47-28)49-40-18-15-33(43(2,3)4)27-37(40)36-16-17-39(48-42(36)49)32-22-29(21-31(23-32)38-13-11-12-20-46-38)30-24-34(44(5,6)7)26-35(25-30)45(8,9)10/h11-27,47H,1-10H3. The molecular formula is C45H48N4. The minimum Gasteiger partial charge on any atom is -0.345 e. The van der Waals surface area contributed by atoms with Crippen LogP contribution in [0.2, 0.25) is 0 Å². The zero-order valence-corrected chi connectivity index (χ0v) is 30.7. The van der Waals surface area contributed by atoms with Crippen LogP contribution in [0.25, 0.3) is 61.4 Å². The molecule has 0 aliphatic rings. The van der Waals surface area contributed by atoms with Gasteiger partial charge >= 0.3 is 0 Å². The number of H-pyrrole nitrogens is 1. The van der Waals surface area contributed by atoms with Crippen molar-refractivity contribution < 1.29 is 0 Å². The minimum absolute atomic E-state index is 0.0144. The molecule has 0 saturated carbocycles. The highest BCUT2D eigenvalue weighted by Crippen LogP contribution is 2.39. The molecule has 7 aromatic rings. The molecule has 0 saturated heterocycles. The van der Waals surface area contributed by atoms with Gasteiger partial charge in [-0.3, -0.25) is 9.55 Å². The largest absolute Gasteiger partial charge is 0.345 e. The van der Waals surface area contributed by atoms with Gasteiger partial charge in [0.25, 0.3) is 0 Å². The third-order valence-electron chi connectivity index (χ3n) is 9.73. The lowest BCUT2D eigenvalue weighted by molar-refractivity contribution is 0.569. The van der Waals surface area contributed by atoms with Crippen LogP contribution >= 0.6 is 0 Å². The number of nitrogens with zero attached hydrogens (tertiary/aromatic N) is 3. The van der Waals surface area contributed by atoms with E-state index < -0.39 is 0 Å². The molecule has 49 heavy (non-hydrogen) atoms. The fourth-order valence-electron chi connectivity index (χ4n) is 6.66. The summed E-state index contributed by atoms with van der Waals surface area (Å²) in [6, 6.07) is 35.6. The molecule has 0 aliphatic carbocycles. The highest BCUT2D eigenvalue weighted by Gasteiger charge is 2.23. The van der Waals surface area contributed by atoms with Gasteiger partial charge in [-0.15, -0.1) is 0 Å². The molecule has 0 atom stereocenters. The maximum atomic E-state index is 5.47. The number of benzene rings is 3. The number of hydrogen-bond acceptors (Lipinski definition) is 2. The van der Waals surface area contributed by atoms with Crippen molar-refractivity contribution >= 4 is 21.9 Å². The SMILES string of the molecule is Cc1ccc(-n2c3ccc(C(C)(C)C)cc3c3ccc(-c4cc(-c5cc(C(C)(C)C)cc(C(C)(C)C)c5)cc(-c5ccccn5)c4)nc32)[nH]1. The molecule has 0 amide bonds. The van der Waals surface area contributed by atoms with Gasteiger partial charge in [0, 0.05) is 33.8 Å². The molecule has 248 valence electrons. The smallest absolute Gasteiger partial charge is 0.147 e. The molecule has 3 aromatic carbocycles. The van der Waals surface area contributed by atoms with Crippen molar-refractivity contribution in [2.45, 2.75) is 85.5 Å². The lowest BCUT2D eigenvalue weighted by atomic mass is 9.78. The fourth-order valence-corrected chi connectivity index (χ4v) is 6.66. The Kier molecular flexibility index (Phi) is 7.70. The van der Waals surface area contributed by atoms with E-state index >= 15 is 0 Å². The number of aromatic amines is 1. The predicted molar refractivity (Wildman–Crippen MR) is 208 cm³/mol. The van der Waals surface area contributed by atoms with Crippen LogP contribution in [0.1, 0.15) is 84.7 Å². The van der Waals surface area contributed by atoms with Gasteiger partial charge in [-0.05, 0) is 118 Å². The number of aromatic nitrogens is 4. The normalized spacial score (nSPS) is 12.7. The van der Waals surface area contributed by atoms with E-state index in [2.05, 4.69) is 170 Å². The van der Waals surface area contributed by atoms with Crippen molar-refractivity contribution in [1.82, 2.24) is 19.5 Å². The molecule has 4 aromatic heterocycles. The Bertz CT molecular complexity index is 2300. The van der Waals surface area contributed by atoms with Crippen molar-refractivity contribution in [3.63, 3.8) is 0 Å². The number of pyridine rings is 2. The first kappa shape index (κ1) is 32.6. The van der Waals surface area contributed by atoms with Crippen LogP contribution in [-0.4, -0.2) is 19.5 Å². The zero-order chi connectivity index (χ0) is 34.9. The average Bonchev–Trinajstić information content (AvgIpc) is 3.63. The topological polar surface area (TPSA) is 46.5 Å². The number of fused-ring (bicyclic) bond motifs is 3. The summed E-state index contributed by atoms with van der Waals surface area (Å²) in [7, 11) is 0. The Labute approximate surface area is 291 Å². The van der Waals surface area contributed by atoms with E-state index in [1.807, 2.05) is 12.3 Å². The van der Waals surface area contributed by atoms with Gasteiger partial charge < -0.3 is 4.98 Å². The molecule has 0 spiro atoms. The summed E-state index contributed by atoms with van der Waals surface area (Å²) in [5.41, 5.74) is 13.6. The van der Waals surface area contributed by atoms with Gasteiger partial charge in [-0.2, -0.15) is 0 Å². The Morgan fingerprint density at radius 1 is 0.531 bits per heavy atom.